The fraction of sp³-hybridized carbons (Fsp3) is 0.900. The van der Waals surface area contributed by atoms with Gasteiger partial charge in [-0.1, -0.05) is 0 Å². The lowest BCUT2D eigenvalue weighted by atomic mass is 10.1. The number of nitrogens with zero attached hydrogens (tertiary/aromatic N) is 1. The number of rotatable bonds is 7. The molecule has 1 unspecified atom stereocenters. The fourth-order valence-electron chi connectivity index (χ4n) is 1.37. The molecule has 1 atom stereocenters. The lowest BCUT2D eigenvalue weighted by Gasteiger charge is -2.26. The Labute approximate surface area is 114 Å². The monoisotopic (exact) mass is 297 g/mol. The minimum atomic E-state index is -4.05. The third-order valence-electron chi connectivity index (χ3n) is 1.86. The molecule has 0 aromatic heterocycles. The lowest BCUT2D eigenvalue weighted by molar-refractivity contribution is 0.0384. The highest BCUT2D eigenvalue weighted by molar-refractivity contribution is 7.88. The van der Waals surface area contributed by atoms with E-state index in [2.05, 4.69) is 9.46 Å². The second kappa shape index (κ2) is 7.04. The number of ether oxygens (including phenoxy) is 1. The third kappa shape index (κ3) is 9.65. The maximum Gasteiger partial charge on any atom is 0.422 e. The number of amides is 1. The molecule has 0 aliphatic heterocycles. The van der Waals surface area contributed by atoms with E-state index in [0.717, 1.165) is 0 Å². The number of nitrogens with one attached hydrogen (secondary N) is 2. The Morgan fingerprint density at radius 3 is 2.37 bits per heavy atom. The second-order valence-corrected chi connectivity index (χ2v) is 6.62. The number of carbonyl (C=O) groups is 1. The van der Waals surface area contributed by atoms with Gasteiger partial charge in [0.15, 0.2) is 0 Å². The van der Waals surface area contributed by atoms with E-state index in [9.17, 15) is 18.3 Å². The smallest absolute Gasteiger partial charge is 0.422 e. The molecular formula is C10H23N3O5S. The van der Waals surface area contributed by atoms with Crippen LogP contribution in [-0.4, -0.2) is 63.4 Å². The molecule has 0 saturated carbocycles. The van der Waals surface area contributed by atoms with Gasteiger partial charge in [-0.3, -0.25) is 0 Å². The van der Waals surface area contributed by atoms with Crippen LogP contribution in [0, 0.1) is 0 Å². The maximum absolute atomic E-state index is 11.5. The van der Waals surface area contributed by atoms with Crippen LogP contribution in [0.4, 0.5) is 4.79 Å². The summed E-state index contributed by atoms with van der Waals surface area (Å²) in [6.45, 7) is 4.73. The fourth-order valence-corrected chi connectivity index (χ4v) is 2.21. The average Bonchev–Trinajstić information content (AvgIpc) is 2.10. The quantitative estimate of drug-likeness (QED) is 0.572. The van der Waals surface area contributed by atoms with Crippen molar-refractivity contribution < 1.29 is 23.1 Å². The van der Waals surface area contributed by atoms with Gasteiger partial charge in [-0.25, -0.2) is 9.52 Å². The van der Waals surface area contributed by atoms with E-state index >= 15 is 0 Å². The van der Waals surface area contributed by atoms with Crippen LogP contribution in [-0.2, 0) is 14.9 Å². The number of carbonyl (C=O) groups excluding carboxylic acids is 1. The van der Waals surface area contributed by atoms with Gasteiger partial charge in [-0.2, -0.15) is 13.1 Å². The van der Waals surface area contributed by atoms with Crippen molar-refractivity contribution >= 4 is 16.3 Å². The van der Waals surface area contributed by atoms with Gasteiger partial charge < -0.3 is 14.7 Å². The van der Waals surface area contributed by atoms with Gasteiger partial charge in [0.05, 0.1) is 11.7 Å². The molecule has 0 spiro atoms. The van der Waals surface area contributed by atoms with Crippen LogP contribution < -0.4 is 9.44 Å². The van der Waals surface area contributed by atoms with Crippen LogP contribution in [0.2, 0.25) is 0 Å². The van der Waals surface area contributed by atoms with Crippen molar-refractivity contribution in [3.8, 4) is 0 Å². The molecule has 0 aliphatic rings. The Kier molecular flexibility index (Phi) is 6.70. The van der Waals surface area contributed by atoms with Crippen LogP contribution in [0.5, 0.6) is 0 Å². The molecule has 0 fully saturated rings. The SMILES string of the molecule is CC(C)OC(=O)NS(=O)(=O)NCC(C)(O)CN(C)C. The predicted octanol–water partition coefficient (Wildman–Crippen LogP) is -0.732. The maximum atomic E-state index is 11.5. The van der Waals surface area contributed by atoms with Crippen LogP contribution >= 0.6 is 0 Å². The Hall–Kier alpha value is -0.900. The first-order chi connectivity index (χ1) is 8.43. The van der Waals surface area contributed by atoms with E-state index in [1.807, 2.05) is 0 Å². The van der Waals surface area contributed by atoms with E-state index in [4.69, 9.17) is 0 Å². The van der Waals surface area contributed by atoms with Gasteiger partial charge in [-0.15, -0.1) is 0 Å². The summed E-state index contributed by atoms with van der Waals surface area (Å²) in [7, 11) is -0.546. The summed E-state index contributed by atoms with van der Waals surface area (Å²) >= 11 is 0. The molecule has 0 aliphatic carbocycles. The van der Waals surface area contributed by atoms with Crippen LogP contribution in [0.25, 0.3) is 0 Å². The Morgan fingerprint density at radius 1 is 1.42 bits per heavy atom. The normalized spacial score (nSPS) is 15.4. The molecule has 1 amide bonds. The summed E-state index contributed by atoms with van der Waals surface area (Å²) in [6, 6.07) is 0. The van der Waals surface area contributed by atoms with Gasteiger partial charge in [0.2, 0.25) is 0 Å². The zero-order valence-corrected chi connectivity index (χ0v) is 12.7. The highest BCUT2D eigenvalue weighted by Gasteiger charge is 2.25. The highest BCUT2D eigenvalue weighted by atomic mass is 32.2. The Balaban J connectivity index is 4.35. The van der Waals surface area contributed by atoms with E-state index < -0.39 is 28.0 Å². The minimum Gasteiger partial charge on any atom is -0.446 e. The zero-order chi connectivity index (χ0) is 15.3. The number of hydrogen-bond donors (Lipinski definition) is 3. The lowest BCUT2D eigenvalue weighted by Crippen LogP contribution is -2.50. The molecule has 19 heavy (non-hydrogen) atoms. The van der Waals surface area contributed by atoms with Crippen molar-refractivity contribution in [1.29, 1.82) is 0 Å². The summed E-state index contributed by atoms with van der Waals surface area (Å²) in [4.78, 5) is 12.9. The molecule has 0 rings (SSSR count). The third-order valence-corrected chi connectivity index (χ3v) is 2.82. The molecule has 0 heterocycles. The van der Waals surface area contributed by atoms with E-state index in [1.165, 1.54) is 6.92 Å². The molecule has 0 aromatic carbocycles. The van der Waals surface area contributed by atoms with Gasteiger partial charge in [0, 0.05) is 13.1 Å². The van der Waals surface area contributed by atoms with E-state index in [0.29, 0.717) is 0 Å². The van der Waals surface area contributed by atoms with Crippen molar-refractivity contribution in [2.75, 3.05) is 27.2 Å². The Bertz CT molecular complexity index is 392. The molecule has 0 aromatic rings. The van der Waals surface area contributed by atoms with Gasteiger partial charge in [0.25, 0.3) is 0 Å². The largest absolute Gasteiger partial charge is 0.446 e. The molecule has 8 nitrogen and oxygen atoms in total. The number of likely N-dealkylation sites (N-methyl/N-ethyl adjacent to an activating group) is 1. The van der Waals surface area contributed by atoms with Gasteiger partial charge in [0.1, 0.15) is 0 Å². The van der Waals surface area contributed by atoms with Crippen molar-refractivity contribution in [3.05, 3.63) is 0 Å². The molecule has 0 bridgehead atoms. The summed E-state index contributed by atoms with van der Waals surface area (Å²) < 4.78 is 31.4. The molecule has 0 radical (unpaired) electrons. The van der Waals surface area contributed by atoms with Gasteiger partial charge >= 0.3 is 16.3 Å². The number of hydrogen-bond acceptors (Lipinski definition) is 6. The van der Waals surface area contributed by atoms with Crippen LogP contribution in [0.1, 0.15) is 20.8 Å². The summed E-state index contributed by atoms with van der Waals surface area (Å²) in [5.74, 6) is 0. The van der Waals surface area contributed by atoms with Crippen molar-refractivity contribution in [2.24, 2.45) is 0 Å². The van der Waals surface area contributed by atoms with E-state index in [1.54, 1.807) is 37.6 Å². The molecule has 3 N–H and O–H groups in total. The first-order valence-corrected chi connectivity index (χ1v) is 7.27. The van der Waals surface area contributed by atoms with Crippen molar-refractivity contribution in [2.45, 2.75) is 32.5 Å². The summed E-state index contributed by atoms with van der Waals surface area (Å²) in [5, 5.41) is 9.92. The van der Waals surface area contributed by atoms with E-state index in [-0.39, 0.29) is 13.1 Å². The molecule has 114 valence electrons. The van der Waals surface area contributed by atoms with Crippen LogP contribution in [0.3, 0.4) is 0 Å². The minimum absolute atomic E-state index is 0.227. The Morgan fingerprint density at radius 2 is 1.95 bits per heavy atom. The topological polar surface area (TPSA) is 108 Å². The predicted molar refractivity (Wildman–Crippen MR) is 70.9 cm³/mol. The standard InChI is InChI=1S/C10H23N3O5S/c1-8(2)18-9(14)12-19(16,17)11-6-10(3,15)7-13(4)5/h8,11,15H,6-7H2,1-5H3,(H,12,14). The summed E-state index contributed by atoms with van der Waals surface area (Å²) in [6.07, 6.45) is -1.48. The number of aliphatic hydroxyl groups is 1. The first-order valence-electron chi connectivity index (χ1n) is 5.79. The zero-order valence-electron chi connectivity index (χ0n) is 11.9. The highest BCUT2D eigenvalue weighted by Crippen LogP contribution is 2.03. The molecule has 9 heteroatoms. The average molecular weight is 297 g/mol. The molecular weight excluding hydrogens is 274 g/mol. The van der Waals surface area contributed by atoms with Gasteiger partial charge in [-0.05, 0) is 34.9 Å². The van der Waals surface area contributed by atoms with Crippen molar-refractivity contribution in [1.82, 2.24) is 14.3 Å². The van der Waals surface area contributed by atoms with Crippen molar-refractivity contribution in [3.63, 3.8) is 0 Å². The van der Waals surface area contributed by atoms with Crippen LogP contribution in [0.15, 0.2) is 0 Å². The summed E-state index contributed by atoms with van der Waals surface area (Å²) in [5.41, 5.74) is -1.25. The second-order valence-electron chi connectivity index (χ2n) is 5.12. The first kappa shape index (κ1) is 18.1. The molecule has 0 saturated heterocycles.